The molecule has 0 unspecified atom stereocenters. The molecule has 9 heteroatoms. The maximum absolute atomic E-state index is 12.6. The zero-order valence-electron chi connectivity index (χ0n) is 15.5. The number of amides is 1. The van der Waals surface area contributed by atoms with Crippen LogP contribution in [0.15, 0.2) is 40.0 Å². The molecule has 0 aromatic carbocycles. The van der Waals surface area contributed by atoms with E-state index in [1.807, 2.05) is 6.92 Å². The number of likely N-dealkylation sites (tertiary alicyclic amines) is 1. The molecule has 4 rings (SSSR count). The zero-order valence-corrected chi connectivity index (χ0v) is 15.5. The third-order valence-corrected chi connectivity index (χ3v) is 4.89. The van der Waals surface area contributed by atoms with E-state index in [-0.39, 0.29) is 17.4 Å². The zero-order chi connectivity index (χ0) is 19.5. The standard InChI is InChI=1S/C19H20N6O3/c1-2-13-9-15(24-28-13)19(27)25-7-3-12(4-8-25)14-10-17(26)23-18(22-14)16-11-20-5-6-21-16/h5-6,9-12H,2-4,7-8H2,1H3,(H,22,23,26). The van der Waals surface area contributed by atoms with Crippen LogP contribution in [0.1, 0.15) is 47.6 Å². The van der Waals surface area contributed by atoms with Crippen LogP contribution in [-0.2, 0) is 6.42 Å². The van der Waals surface area contributed by atoms with Gasteiger partial charge in [-0.2, -0.15) is 0 Å². The van der Waals surface area contributed by atoms with Crippen molar-refractivity contribution in [2.24, 2.45) is 0 Å². The molecule has 0 atom stereocenters. The molecular weight excluding hydrogens is 360 g/mol. The second kappa shape index (κ2) is 7.71. The van der Waals surface area contributed by atoms with Crippen LogP contribution in [0.3, 0.4) is 0 Å². The van der Waals surface area contributed by atoms with Gasteiger partial charge in [-0.05, 0) is 12.8 Å². The summed E-state index contributed by atoms with van der Waals surface area (Å²) >= 11 is 0. The predicted molar refractivity (Wildman–Crippen MR) is 99.6 cm³/mol. The maximum Gasteiger partial charge on any atom is 0.276 e. The summed E-state index contributed by atoms with van der Waals surface area (Å²) in [6.07, 6.45) is 6.83. The van der Waals surface area contributed by atoms with Crippen LogP contribution in [0.5, 0.6) is 0 Å². The van der Waals surface area contributed by atoms with Crippen LogP contribution < -0.4 is 5.56 Å². The van der Waals surface area contributed by atoms with Gasteiger partial charge < -0.3 is 14.4 Å². The summed E-state index contributed by atoms with van der Waals surface area (Å²) in [4.78, 5) is 41.9. The number of aryl methyl sites for hydroxylation is 1. The number of aromatic nitrogens is 5. The van der Waals surface area contributed by atoms with Crippen LogP contribution >= 0.6 is 0 Å². The molecule has 0 spiro atoms. The summed E-state index contributed by atoms with van der Waals surface area (Å²) in [6.45, 7) is 3.10. The lowest BCUT2D eigenvalue weighted by molar-refractivity contribution is 0.0701. The van der Waals surface area contributed by atoms with Crippen molar-refractivity contribution < 1.29 is 9.32 Å². The Labute approximate surface area is 160 Å². The van der Waals surface area contributed by atoms with Crippen molar-refractivity contribution in [3.05, 3.63) is 58.2 Å². The molecule has 1 aliphatic heterocycles. The molecule has 144 valence electrons. The van der Waals surface area contributed by atoms with E-state index in [0.717, 1.165) is 12.8 Å². The van der Waals surface area contributed by atoms with E-state index in [9.17, 15) is 9.59 Å². The number of carbonyl (C=O) groups excluding carboxylic acids is 1. The highest BCUT2D eigenvalue weighted by Crippen LogP contribution is 2.27. The first-order valence-electron chi connectivity index (χ1n) is 9.26. The number of nitrogens with one attached hydrogen (secondary N) is 1. The second-order valence-electron chi connectivity index (χ2n) is 6.71. The number of rotatable bonds is 4. The predicted octanol–water partition coefficient (Wildman–Crippen LogP) is 1.80. The van der Waals surface area contributed by atoms with Crippen molar-refractivity contribution in [3.8, 4) is 11.5 Å². The number of hydrogen-bond donors (Lipinski definition) is 1. The Balaban J connectivity index is 1.47. The monoisotopic (exact) mass is 380 g/mol. The Bertz CT molecular complexity index is 1020. The molecule has 3 aromatic heterocycles. The van der Waals surface area contributed by atoms with E-state index in [1.165, 1.54) is 6.07 Å². The Morgan fingerprint density at radius 3 is 2.79 bits per heavy atom. The molecule has 0 saturated carbocycles. The molecule has 3 aromatic rings. The average molecular weight is 380 g/mol. The van der Waals surface area contributed by atoms with Gasteiger partial charge in [-0.15, -0.1) is 0 Å². The summed E-state index contributed by atoms with van der Waals surface area (Å²) in [5.41, 5.74) is 1.35. The fraction of sp³-hybridized carbons (Fsp3) is 0.368. The summed E-state index contributed by atoms with van der Waals surface area (Å²) in [7, 11) is 0. The fourth-order valence-electron chi connectivity index (χ4n) is 3.35. The third kappa shape index (κ3) is 3.68. The van der Waals surface area contributed by atoms with Gasteiger partial charge in [0.25, 0.3) is 11.5 Å². The fourth-order valence-corrected chi connectivity index (χ4v) is 3.35. The Hall–Kier alpha value is -3.36. The van der Waals surface area contributed by atoms with Gasteiger partial charge >= 0.3 is 0 Å². The van der Waals surface area contributed by atoms with Gasteiger partial charge in [0.2, 0.25) is 0 Å². The molecule has 9 nitrogen and oxygen atoms in total. The van der Waals surface area contributed by atoms with E-state index in [1.54, 1.807) is 29.6 Å². The summed E-state index contributed by atoms with van der Waals surface area (Å²) in [5.74, 6) is 1.08. The van der Waals surface area contributed by atoms with Gasteiger partial charge in [0.05, 0.1) is 11.9 Å². The smallest absolute Gasteiger partial charge is 0.276 e. The minimum absolute atomic E-state index is 0.102. The number of piperidine rings is 1. The Kier molecular flexibility index (Phi) is 4.96. The van der Waals surface area contributed by atoms with Crippen molar-refractivity contribution in [1.82, 2.24) is 30.0 Å². The van der Waals surface area contributed by atoms with Crippen molar-refractivity contribution >= 4 is 5.91 Å². The molecule has 28 heavy (non-hydrogen) atoms. The van der Waals surface area contributed by atoms with Crippen LogP contribution in [-0.4, -0.2) is 49.0 Å². The number of H-pyrrole nitrogens is 1. The van der Waals surface area contributed by atoms with E-state index < -0.39 is 0 Å². The van der Waals surface area contributed by atoms with Crippen LogP contribution in [0, 0.1) is 0 Å². The molecule has 1 aliphatic rings. The van der Waals surface area contributed by atoms with Gasteiger partial charge in [0.15, 0.2) is 11.5 Å². The first-order valence-corrected chi connectivity index (χ1v) is 9.26. The lowest BCUT2D eigenvalue weighted by Crippen LogP contribution is -2.38. The highest BCUT2D eigenvalue weighted by Gasteiger charge is 2.27. The molecule has 0 bridgehead atoms. The second-order valence-corrected chi connectivity index (χ2v) is 6.71. The molecule has 0 radical (unpaired) electrons. The normalized spacial score (nSPS) is 15.0. The lowest BCUT2D eigenvalue weighted by atomic mass is 9.93. The highest BCUT2D eigenvalue weighted by atomic mass is 16.5. The van der Waals surface area contributed by atoms with Gasteiger partial charge in [-0.1, -0.05) is 12.1 Å². The first kappa shape index (κ1) is 18.0. The van der Waals surface area contributed by atoms with Crippen LogP contribution in [0.25, 0.3) is 11.5 Å². The summed E-state index contributed by atoms with van der Waals surface area (Å²) < 4.78 is 5.13. The van der Waals surface area contributed by atoms with Crippen molar-refractivity contribution in [1.29, 1.82) is 0 Å². The number of carbonyl (C=O) groups is 1. The van der Waals surface area contributed by atoms with E-state index >= 15 is 0 Å². The maximum atomic E-state index is 12.6. The minimum Gasteiger partial charge on any atom is -0.361 e. The van der Waals surface area contributed by atoms with E-state index in [0.29, 0.717) is 48.2 Å². The van der Waals surface area contributed by atoms with Crippen molar-refractivity contribution in [3.63, 3.8) is 0 Å². The summed E-state index contributed by atoms with van der Waals surface area (Å²) in [5, 5.41) is 3.86. The van der Waals surface area contributed by atoms with Crippen LogP contribution in [0.2, 0.25) is 0 Å². The van der Waals surface area contributed by atoms with E-state index in [4.69, 9.17) is 4.52 Å². The first-order chi connectivity index (χ1) is 13.6. The van der Waals surface area contributed by atoms with Gasteiger partial charge in [-0.3, -0.25) is 14.6 Å². The SMILES string of the molecule is CCc1cc(C(=O)N2CCC(c3cc(=O)[nH]c(-c4cnccn4)n3)CC2)no1. The molecule has 1 N–H and O–H groups in total. The van der Waals surface area contributed by atoms with E-state index in [2.05, 4.69) is 25.1 Å². The number of hydrogen-bond acceptors (Lipinski definition) is 7. The largest absolute Gasteiger partial charge is 0.361 e. The molecule has 1 saturated heterocycles. The highest BCUT2D eigenvalue weighted by molar-refractivity contribution is 5.92. The summed E-state index contributed by atoms with van der Waals surface area (Å²) in [6, 6.07) is 3.22. The Morgan fingerprint density at radius 2 is 2.11 bits per heavy atom. The molecule has 1 fully saturated rings. The molecule has 0 aliphatic carbocycles. The third-order valence-electron chi connectivity index (χ3n) is 4.89. The Morgan fingerprint density at radius 1 is 1.29 bits per heavy atom. The van der Waals surface area contributed by atoms with Crippen LogP contribution in [0.4, 0.5) is 0 Å². The molecular formula is C19H20N6O3. The van der Waals surface area contributed by atoms with Gasteiger partial charge in [0, 0.05) is 50.0 Å². The average Bonchev–Trinajstić information content (AvgIpc) is 3.23. The number of aromatic amines is 1. The van der Waals surface area contributed by atoms with Crippen molar-refractivity contribution in [2.75, 3.05) is 13.1 Å². The number of nitrogens with zero attached hydrogens (tertiary/aromatic N) is 5. The molecule has 1 amide bonds. The quantitative estimate of drug-likeness (QED) is 0.733. The lowest BCUT2D eigenvalue weighted by Gasteiger charge is -2.31. The topological polar surface area (TPSA) is 118 Å². The van der Waals surface area contributed by atoms with Crippen molar-refractivity contribution in [2.45, 2.75) is 32.1 Å². The molecule has 4 heterocycles. The minimum atomic E-state index is -0.223. The van der Waals surface area contributed by atoms with Gasteiger partial charge in [0.1, 0.15) is 11.5 Å². The van der Waals surface area contributed by atoms with Gasteiger partial charge in [-0.25, -0.2) is 9.97 Å².